The minimum absolute atomic E-state index is 0.367. The second-order valence-corrected chi connectivity index (χ2v) is 2.95. The summed E-state index contributed by atoms with van der Waals surface area (Å²) in [7, 11) is 1.65. The van der Waals surface area contributed by atoms with Crippen LogP contribution in [0.1, 0.15) is 19.8 Å². The molecule has 1 atom stereocenters. The third kappa shape index (κ3) is 2.41. The van der Waals surface area contributed by atoms with E-state index in [2.05, 4.69) is 20.8 Å². The van der Waals surface area contributed by atoms with Crippen LogP contribution in [0.5, 0.6) is 0 Å². The molecule has 0 fully saturated rings. The van der Waals surface area contributed by atoms with E-state index in [0.29, 0.717) is 12.4 Å². The normalized spacial score (nSPS) is 12.4. The average Bonchev–Trinajstić information content (AvgIpc) is 2.51. The largest absolute Gasteiger partial charge is 0.480 e. The van der Waals surface area contributed by atoms with Crippen LogP contribution < -0.4 is 5.32 Å². The summed E-state index contributed by atoms with van der Waals surface area (Å²) in [6.07, 6.45) is 1.33. The van der Waals surface area contributed by atoms with Crippen LogP contribution in [0.4, 0.5) is 5.95 Å². The molecule has 0 aliphatic carbocycles. The van der Waals surface area contributed by atoms with Gasteiger partial charge in [0.25, 0.3) is 0 Å². The van der Waals surface area contributed by atoms with Crippen molar-refractivity contribution < 1.29 is 9.90 Å². The molecule has 1 unspecified atom stereocenters. The lowest BCUT2D eigenvalue weighted by Gasteiger charge is -2.12. The van der Waals surface area contributed by atoms with E-state index >= 15 is 0 Å². The summed E-state index contributed by atoms with van der Waals surface area (Å²) < 4.78 is 1.39. The molecular weight excluding hydrogens is 186 g/mol. The lowest BCUT2D eigenvalue weighted by atomic mass is 10.2. The standard InChI is InChI=1S/C7H13N5O2/c1-3-4-5(6(13)14)8-7-9-10-11-12(7)2/h5H,3-4H2,1-2H3,(H,13,14)(H,8,9,11). The summed E-state index contributed by atoms with van der Waals surface area (Å²) in [6.45, 7) is 1.92. The van der Waals surface area contributed by atoms with E-state index in [4.69, 9.17) is 5.11 Å². The van der Waals surface area contributed by atoms with Gasteiger partial charge in [0, 0.05) is 7.05 Å². The molecule has 0 bridgehead atoms. The Morgan fingerprint density at radius 2 is 2.43 bits per heavy atom. The van der Waals surface area contributed by atoms with Crippen LogP contribution in [-0.4, -0.2) is 37.3 Å². The first-order chi connectivity index (χ1) is 6.65. The molecule has 7 nitrogen and oxygen atoms in total. The van der Waals surface area contributed by atoms with Crippen molar-refractivity contribution in [3.05, 3.63) is 0 Å². The molecule has 7 heteroatoms. The molecule has 1 heterocycles. The predicted octanol–water partition coefficient (Wildman–Crippen LogP) is -0.125. The van der Waals surface area contributed by atoms with Gasteiger partial charge in [0.1, 0.15) is 6.04 Å². The molecule has 1 aromatic rings. The summed E-state index contributed by atoms with van der Waals surface area (Å²) in [5, 5.41) is 22.2. The van der Waals surface area contributed by atoms with E-state index in [9.17, 15) is 4.79 Å². The van der Waals surface area contributed by atoms with Gasteiger partial charge < -0.3 is 10.4 Å². The molecular formula is C7H13N5O2. The maximum Gasteiger partial charge on any atom is 0.326 e. The highest BCUT2D eigenvalue weighted by Crippen LogP contribution is 2.05. The number of carbonyl (C=O) groups is 1. The van der Waals surface area contributed by atoms with E-state index in [1.807, 2.05) is 6.92 Å². The first-order valence-electron chi connectivity index (χ1n) is 4.36. The number of carboxylic acids is 1. The Labute approximate surface area is 81.1 Å². The van der Waals surface area contributed by atoms with Crippen LogP contribution in [0.3, 0.4) is 0 Å². The van der Waals surface area contributed by atoms with Crippen LogP contribution in [-0.2, 0) is 11.8 Å². The predicted molar refractivity (Wildman–Crippen MR) is 48.8 cm³/mol. The Hall–Kier alpha value is -1.66. The number of nitrogens with zero attached hydrogens (tertiary/aromatic N) is 4. The maximum atomic E-state index is 10.8. The minimum Gasteiger partial charge on any atom is -0.480 e. The number of tetrazole rings is 1. The third-order valence-electron chi connectivity index (χ3n) is 1.80. The first-order valence-corrected chi connectivity index (χ1v) is 4.36. The van der Waals surface area contributed by atoms with E-state index in [1.54, 1.807) is 7.05 Å². The van der Waals surface area contributed by atoms with Crippen LogP contribution in [0.25, 0.3) is 0 Å². The van der Waals surface area contributed by atoms with Crippen LogP contribution in [0.15, 0.2) is 0 Å². The number of carboxylic acid groups (broad SMARTS) is 1. The summed E-state index contributed by atoms with van der Waals surface area (Å²) in [5.74, 6) is -0.527. The molecule has 0 aromatic carbocycles. The highest BCUT2D eigenvalue weighted by atomic mass is 16.4. The Morgan fingerprint density at radius 1 is 1.71 bits per heavy atom. The first kappa shape index (κ1) is 10.4. The van der Waals surface area contributed by atoms with Gasteiger partial charge >= 0.3 is 5.97 Å². The summed E-state index contributed by atoms with van der Waals surface area (Å²) in [4.78, 5) is 10.8. The fourth-order valence-corrected chi connectivity index (χ4v) is 1.05. The van der Waals surface area contributed by atoms with Gasteiger partial charge in [-0.15, -0.1) is 0 Å². The van der Waals surface area contributed by atoms with Gasteiger partial charge in [0.15, 0.2) is 0 Å². The van der Waals surface area contributed by atoms with Crippen LogP contribution in [0, 0.1) is 0 Å². The molecule has 0 saturated carbocycles. The van der Waals surface area contributed by atoms with Gasteiger partial charge in [-0.25, -0.2) is 9.48 Å². The summed E-state index contributed by atoms with van der Waals surface area (Å²) in [5.41, 5.74) is 0. The van der Waals surface area contributed by atoms with Crippen molar-refractivity contribution in [3.8, 4) is 0 Å². The molecule has 1 rings (SSSR count). The fraction of sp³-hybridized carbons (Fsp3) is 0.714. The molecule has 0 aliphatic rings. The zero-order valence-corrected chi connectivity index (χ0v) is 8.14. The van der Waals surface area contributed by atoms with Crippen molar-refractivity contribution in [1.29, 1.82) is 0 Å². The van der Waals surface area contributed by atoms with Gasteiger partial charge in [-0.3, -0.25) is 0 Å². The second-order valence-electron chi connectivity index (χ2n) is 2.95. The summed E-state index contributed by atoms with van der Waals surface area (Å²) in [6, 6.07) is -0.635. The SMILES string of the molecule is CCCC(Nc1nnnn1C)C(=O)O. The number of nitrogens with one attached hydrogen (secondary N) is 1. The average molecular weight is 199 g/mol. The molecule has 0 aliphatic heterocycles. The number of anilines is 1. The van der Waals surface area contributed by atoms with Crippen molar-refractivity contribution in [3.63, 3.8) is 0 Å². The van der Waals surface area contributed by atoms with Crippen molar-refractivity contribution >= 4 is 11.9 Å². The molecule has 2 N–H and O–H groups in total. The quantitative estimate of drug-likeness (QED) is 0.686. The number of hydrogen-bond acceptors (Lipinski definition) is 5. The van der Waals surface area contributed by atoms with Gasteiger partial charge in [-0.1, -0.05) is 18.4 Å². The molecule has 0 radical (unpaired) electrons. The van der Waals surface area contributed by atoms with Crippen molar-refractivity contribution in [1.82, 2.24) is 20.2 Å². The maximum absolute atomic E-state index is 10.8. The summed E-state index contributed by atoms with van der Waals surface area (Å²) >= 11 is 0. The molecule has 0 amide bonds. The Bertz CT molecular complexity index is 311. The zero-order valence-electron chi connectivity index (χ0n) is 8.14. The number of aryl methyl sites for hydroxylation is 1. The van der Waals surface area contributed by atoms with Crippen LogP contribution >= 0.6 is 0 Å². The minimum atomic E-state index is -0.894. The number of aromatic nitrogens is 4. The molecule has 14 heavy (non-hydrogen) atoms. The lowest BCUT2D eigenvalue weighted by molar-refractivity contribution is -0.138. The molecule has 0 spiro atoms. The van der Waals surface area contributed by atoms with E-state index in [1.165, 1.54) is 4.68 Å². The van der Waals surface area contributed by atoms with Gasteiger partial charge in [-0.05, 0) is 16.8 Å². The smallest absolute Gasteiger partial charge is 0.326 e. The third-order valence-corrected chi connectivity index (χ3v) is 1.80. The second kappa shape index (κ2) is 4.54. The number of hydrogen-bond donors (Lipinski definition) is 2. The van der Waals surface area contributed by atoms with E-state index in [-0.39, 0.29) is 0 Å². The van der Waals surface area contributed by atoms with Gasteiger partial charge in [0.05, 0.1) is 0 Å². The Morgan fingerprint density at radius 3 is 2.86 bits per heavy atom. The van der Waals surface area contributed by atoms with Crippen LogP contribution in [0.2, 0.25) is 0 Å². The highest BCUT2D eigenvalue weighted by Gasteiger charge is 2.17. The van der Waals surface area contributed by atoms with E-state index < -0.39 is 12.0 Å². The van der Waals surface area contributed by atoms with Gasteiger partial charge in [0.2, 0.25) is 5.95 Å². The van der Waals surface area contributed by atoms with Gasteiger partial charge in [-0.2, -0.15) is 0 Å². The Kier molecular flexibility index (Phi) is 3.38. The highest BCUT2D eigenvalue weighted by molar-refractivity contribution is 5.76. The van der Waals surface area contributed by atoms with E-state index in [0.717, 1.165) is 6.42 Å². The van der Waals surface area contributed by atoms with Crippen molar-refractivity contribution in [2.24, 2.45) is 7.05 Å². The van der Waals surface area contributed by atoms with Crippen molar-refractivity contribution in [2.75, 3.05) is 5.32 Å². The van der Waals surface area contributed by atoms with Crippen molar-refractivity contribution in [2.45, 2.75) is 25.8 Å². The molecule has 1 aromatic heterocycles. The Balaban J connectivity index is 2.64. The molecule has 0 saturated heterocycles. The number of rotatable bonds is 5. The topological polar surface area (TPSA) is 92.9 Å². The fourth-order valence-electron chi connectivity index (χ4n) is 1.05. The number of aliphatic carboxylic acids is 1. The molecule has 78 valence electrons. The monoisotopic (exact) mass is 199 g/mol. The lowest BCUT2D eigenvalue weighted by Crippen LogP contribution is -2.30. The zero-order chi connectivity index (χ0) is 10.6.